The van der Waals surface area contributed by atoms with Crippen molar-refractivity contribution in [2.24, 2.45) is 0 Å². The number of para-hydroxylation sites is 1. The predicted molar refractivity (Wildman–Crippen MR) is 103 cm³/mol. The van der Waals surface area contributed by atoms with E-state index in [9.17, 15) is 14.9 Å². The van der Waals surface area contributed by atoms with Crippen molar-refractivity contribution in [1.29, 1.82) is 0 Å². The van der Waals surface area contributed by atoms with Gasteiger partial charge in [-0.3, -0.25) is 0 Å². The molecular formula is C23H18FeN2O3. The number of rotatable bonds is 4. The molecule has 4 atom stereocenters. The van der Waals surface area contributed by atoms with Gasteiger partial charge in [0, 0.05) is 0 Å². The van der Waals surface area contributed by atoms with Crippen LogP contribution in [0.3, 0.4) is 0 Å². The molecule has 6 heteroatoms. The minimum absolute atomic E-state index is 0.0394. The maximum absolute atomic E-state index is 13.0. The van der Waals surface area contributed by atoms with Crippen molar-refractivity contribution >= 4 is 17.3 Å². The molecule has 10 heterocycles. The van der Waals surface area contributed by atoms with E-state index in [-0.39, 0.29) is 11.6 Å². The number of nitro groups is 1. The first-order chi connectivity index (χ1) is 13.8. The first-order valence-electron chi connectivity index (χ1n) is 10.7. The topological polar surface area (TPSA) is 72.2 Å². The van der Waals surface area contributed by atoms with Crippen molar-refractivity contribution in [1.82, 2.24) is 0 Å². The number of carbonyl (C=O) groups excluding carboxylic acids is 1. The average molecular weight is 426 g/mol. The minimum atomic E-state index is -3.32. The molecule has 0 saturated carbocycles. The van der Waals surface area contributed by atoms with Gasteiger partial charge in [-0.25, -0.2) is 0 Å². The number of nitrogens with zero attached hydrogens (tertiary/aromatic N) is 1. The SMILES string of the molecule is O=C(Nc1ccccc1[C]12[CH]3[CH]4[CH]5[CH]1[Fe]45321678[CH]2[CH]1[CH]6[CH]7[CH]28)c1cccc([N+](=O)[O-])c1. The van der Waals surface area contributed by atoms with Crippen LogP contribution in [0.15, 0.2) is 48.5 Å². The number of fused-ring (bicyclic) bond motifs is 10. The van der Waals surface area contributed by atoms with E-state index >= 15 is 0 Å². The molecule has 29 heavy (non-hydrogen) atoms. The Morgan fingerprint density at radius 1 is 0.931 bits per heavy atom. The molecule has 10 fully saturated rings. The Morgan fingerprint density at radius 2 is 1.59 bits per heavy atom. The van der Waals surface area contributed by atoms with E-state index in [1.165, 1.54) is 51.4 Å². The summed E-state index contributed by atoms with van der Waals surface area (Å²) in [4.78, 5) is 34.6. The summed E-state index contributed by atoms with van der Waals surface area (Å²) >= 11 is 0. The summed E-state index contributed by atoms with van der Waals surface area (Å²) < 4.78 is 0.575. The van der Waals surface area contributed by atoms with Gasteiger partial charge in [0.1, 0.15) is 0 Å². The molecule has 4 unspecified atom stereocenters. The zero-order chi connectivity index (χ0) is 18.8. The molecule has 10 aliphatic rings. The van der Waals surface area contributed by atoms with Gasteiger partial charge in [0.05, 0.1) is 0 Å². The third kappa shape index (κ3) is 0.235. The van der Waals surface area contributed by atoms with E-state index in [1.54, 1.807) is 12.1 Å². The van der Waals surface area contributed by atoms with Gasteiger partial charge in [-0.15, -0.1) is 0 Å². The number of nitro benzene ring substituents is 1. The third-order valence-corrected chi connectivity index (χ3v) is 59.9. The molecular weight excluding hydrogens is 408 g/mol. The van der Waals surface area contributed by atoms with E-state index in [2.05, 4.69) is 23.5 Å². The molecule has 10 saturated heterocycles. The van der Waals surface area contributed by atoms with Crippen LogP contribution in [0.1, 0.15) is 15.9 Å². The molecule has 0 radical (unpaired) electrons. The second-order valence-corrected chi connectivity index (χ2v) is 37.0. The van der Waals surface area contributed by atoms with Crippen molar-refractivity contribution in [3.8, 4) is 0 Å². The molecule has 2 aromatic carbocycles. The quantitative estimate of drug-likeness (QED) is 0.391. The molecule has 0 bridgehead atoms. The van der Waals surface area contributed by atoms with Crippen LogP contribution < -0.4 is 5.32 Å². The van der Waals surface area contributed by atoms with Crippen molar-refractivity contribution in [3.05, 3.63) is 69.8 Å². The first kappa shape index (κ1) is 12.5. The van der Waals surface area contributed by atoms with Crippen LogP contribution in [0.2, 0.25) is 43.3 Å². The average Bonchev–Trinajstić information content (AvgIpc) is 3.67. The van der Waals surface area contributed by atoms with Crippen molar-refractivity contribution in [2.75, 3.05) is 5.32 Å². The number of amides is 1. The van der Waals surface area contributed by atoms with Gasteiger partial charge < -0.3 is 0 Å². The number of nitrogens with one attached hydrogen (secondary N) is 1. The van der Waals surface area contributed by atoms with Gasteiger partial charge in [0.15, 0.2) is 0 Å². The Kier molecular flexibility index (Phi) is 0.650. The molecule has 1 spiro atoms. The Labute approximate surface area is 156 Å². The fourth-order valence-corrected chi connectivity index (χ4v) is 93.0. The van der Waals surface area contributed by atoms with Crippen molar-refractivity contribution < 1.29 is 16.2 Å². The summed E-state index contributed by atoms with van der Waals surface area (Å²) in [6.45, 7) is -3.32. The molecule has 5 nitrogen and oxygen atoms in total. The molecule has 1 N–H and O–H groups in total. The van der Waals surface area contributed by atoms with E-state index < -0.39 is 11.4 Å². The molecule has 0 aromatic heterocycles. The summed E-state index contributed by atoms with van der Waals surface area (Å²) in [5, 5.41) is 14.3. The number of benzene rings is 2. The molecule has 2 aromatic rings. The number of hydrogen-bond donors (Lipinski definition) is 1. The van der Waals surface area contributed by atoms with E-state index in [4.69, 9.17) is 0 Å². The molecule has 146 valence electrons. The van der Waals surface area contributed by atoms with Crippen molar-refractivity contribution in [3.63, 3.8) is 0 Å². The Balaban J connectivity index is 1.05. The van der Waals surface area contributed by atoms with Gasteiger partial charge >= 0.3 is 156 Å². The molecule has 10 aliphatic heterocycles. The fourth-order valence-electron chi connectivity index (χ4n) is 18.8. The number of carbonyl (C=O) groups is 1. The Hall–Kier alpha value is -2.17. The van der Waals surface area contributed by atoms with Crippen molar-refractivity contribution in [2.45, 2.75) is 47.7 Å². The van der Waals surface area contributed by atoms with Gasteiger partial charge in [-0.2, -0.15) is 0 Å². The van der Waals surface area contributed by atoms with Gasteiger partial charge in [0.25, 0.3) is 0 Å². The van der Waals surface area contributed by atoms with Crippen LogP contribution in [0.25, 0.3) is 0 Å². The summed E-state index contributed by atoms with van der Waals surface area (Å²) in [7, 11) is 0. The van der Waals surface area contributed by atoms with Gasteiger partial charge in [-0.1, -0.05) is 0 Å². The fraction of sp³-hybridized carbons (Fsp3) is 0.435. The summed E-state index contributed by atoms with van der Waals surface area (Å²) in [5.74, 6) is -0.229. The number of hydrogen-bond acceptors (Lipinski definition) is 3. The second-order valence-electron chi connectivity index (χ2n) is 13.5. The van der Waals surface area contributed by atoms with Crippen LogP contribution in [0.4, 0.5) is 11.4 Å². The molecule has 0 aliphatic carbocycles. The summed E-state index contributed by atoms with van der Waals surface area (Å²) in [5.41, 5.74) is 2.81. The van der Waals surface area contributed by atoms with E-state index in [0.29, 0.717) is 9.88 Å². The standard InChI is InChI=1S/C18H13N2O3.C5H5.Fe/c21-18(14-8-5-9-15(12-14)20(22)23)19-17-11-4-3-10-16(17)13-6-1-2-7-13;1-2-4-5-3-1;/h1-12H,(H,19,21);1-5H;. The van der Waals surface area contributed by atoms with Gasteiger partial charge in [-0.05, 0) is 0 Å². The van der Waals surface area contributed by atoms with Crippen LogP contribution in [0.5, 0.6) is 0 Å². The van der Waals surface area contributed by atoms with Crippen LogP contribution >= 0.6 is 0 Å². The van der Waals surface area contributed by atoms with Crippen LogP contribution in [-0.4, -0.2) is 10.8 Å². The van der Waals surface area contributed by atoms with E-state index in [1.807, 2.05) is 6.07 Å². The third-order valence-electron chi connectivity index (χ3n) is 17.6. The summed E-state index contributed by atoms with van der Waals surface area (Å²) in [6.07, 6.45) is 0. The molecule has 1 amide bonds. The number of anilines is 1. The zero-order valence-corrected chi connectivity index (χ0v) is 16.4. The zero-order valence-electron chi connectivity index (χ0n) is 15.3. The van der Waals surface area contributed by atoms with Crippen LogP contribution in [0, 0.1) is 10.1 Å². The maximum atomic E-state index is 13.0. The Morgan fingerprint density at radius 3 is 2.14 bits per heavy atom. The predicted octanol–water partition coefficient (Wildman–Crippen LogP) is 5.64. The Bertz CT molecular complexity index is 1660. The monoisotopic (exact) mass is 426 g/mol. The summed E-state index contributed by atoms with van der Waals surface area (Å²) in [6, 6.07) is 14.7. The van der Waals surface area contributed by atoms with Gasteiger partial charge in [0.2, 0.25) is 0 Å². The molecule has 12 rings (SSSR count). The first-order valence-corrected chi connectivity index (χ1v) is 17.0. The normalized spacial score (nSPS) is 74.1. The second kappa shape index (κ2) is 1.51. The number of non-ortho nitro benzene ring substituents is 1. The van der Waals surface area contributed by atoms with E-state index in [0.717, 1.165) is 15.3 Å². The van der Waals surface area contributed by atoms with Crippen LogP contribution in [-0.2, 0) is 10.8 Å².